The van der Waals surface area contributed by atoms with Crippen LogP contribution < -0.4 is 0 Å². The van der Waals surface area contributed by atoms with Crippen molar-refractivity contribution in [3.8, 4) is 11.5 Å². The topological polar surface area (TPSA) is 43.7 Å². The molecule has 0 bridgehead atoms. The van der Waals surface area contributed by atoms with Crippen LogP contribution in [0.2, 0.25) is 0 Å². The van der Waals surface area contributed by atoms with Crippen molar-refractivity contribution in [2.75, 3.05) is 12.4 Å². The van der Waals surface area contributed by atoms with Gasteiger partial charge in [0, 0.05) is 36.6 Å². The highest BCUT2D eigenvalue weighted by atomic mass is 35.5. The third-order valence-corrected chi connectivity index (χ3v) is 7.08. The van der Waals surface area contributed by atoms with Gasteiger partial charge in [-0.2, -0.15) is 0 Å². The summed E-state index contributed by atoms with van der Waals surface area (Å²) in [7, 11) is 0. The SMILES string of the molecule is CC(C)(C)c1cc(CN(CCCl)Cc2cc(C(C)(C)C)cc(C(C)(C)C)c2O)c(O)c(C(C)(C)C)c1. The van der Waals surface area contributed by atoms with Crippen molar-refractivity contribution in [1.29, 1.82) is 0 Å². The van der Waals surface area contributed by atoms with Crippen LogP contribution in [0.15, 0.2) is 24.3 Å². The Morgan fingerprint density at radius 2 is 0.917 bits per heavy atom. The summed E-state index contributed by atoms with van der Waals surface area (Å²) in [5.41, 5.74) is 5.70. The molecule has 0 amide bonds. The molecule has 0 atom stereocenters. The maximum Gasteiger partial charge on any atom is 0.123 e. The van der Waals surface area contributed by atoms with Gasteiger partial charge in [-0.3, -0.25) is 4.90 Å². The summed E-state index contributed by atoms with van der Waals surface area (Å²) in [4.78, 5) is 2.23. The van der Waals surface area contributed by atoms with E-state index < -0.39 is 0 Å². The minimum Gasteiger partial charge on any atom is -0.507 e. The molecular formula is C32H50ClNO2. The van der Waals surface area contributed by atoms with Crippen molar-refractivity contribution in [3.05, 3.63) is 57.6 Å². The lowest BCUT2D eigenvalue weighted by molar-refractivity contribution is 0.263. The Balaban J connectivity index is 2.61. The molecule has 0 aromatic heterocycles. The molecule has 0 unspecified atom stereocenters. The van der Waals surface area contributed by atoms with Crippen molar-refractivity contribution in [2.45, 2.75) is 118 Å². The van der Waals surface area contributed by atoms with Gasteiger partial charge in [0.05, 0.1) is 0 Å². The average molecular weight is 516 g/mol. The van der Waals surface area contributed by atoms with E-state index in [1.165, 1.54) is 11.1 Å². The average Bonchev–Trinajstić information content (AvgIpc) is 2.67. The van der Waals surface area contributed by atoms with E-state index in [1.54, 1.807) is 0 Å². The van der Waals surface area contributed by atoms with Gasteiger partial charge in [-0.1, -0.05) is 107 Å². The van der Waals surface area contributed by atoms with E-state index in [0.717, 1.165) is 22.3 Å². The standard InChI is InChI=1S/C32H50ClNO2/c1-29(2,3)23-15-21(27(35)25(17-23)31(7,8)9)19-34(14-13-33)20-22-16-24(30(4,5)6)18-26(28(22)36)32(10,11)12/h15-18,35-36H,13-14,19-20H2,1-12H3. The Morgan fingerprint density at radius 1 is 0.583 bits per heavy atom. The lowest BCUT2D eigenvalue weighted by Crippen LogP contribution is -2.27. The first kappa shape index (κ1) is 30.5. The number of halogens is 1. The van der Waals surface area contributed by atoms with E-state index in [9.17, 15) is 10.2 Å². The maximum absolute atomic E-state index is 11.3. The molecule has 3 nitrogen and oxygen atoms in total. The summed E-state index contributed by atoms with van der Waals surface area (Å²) in [6.45, 7) is 27.8. The Bertz CT molecular complexity index is 977. The molecule has 202 valence electrons. The van der Waals surface area contributed by atoms with Gasteiger partial charge in [0.15, 0.2) is 0 Å². The van der Waals surface area contributed by atoms with Crippen LogP contribution in [0.4, 0.5) is 0 Å². The van der Waals surface area contributed by atoms with Crippen LogP contribution >= 0.6 is 11.6 Å². The number of hydrogen-bond donors (Lipinski definition) is 2. The normalized spacial score (nSPS) is 13.5. The molecule has 0 radical (unpaired) electrons. The second kappa shape index (κ2) is 10.6. The molecule has 2 aromatic rings. The lowest BCUT2D eigenvalue weighted by atomic mass is 9.78. The van der Waals surface area contributed by atoms with Crippen molar-refractivity contribution in [3.63, 3.8) is 0 Å². The fraction of sp³-hybridized carbons (Fsp3) is 0.625. The van der Waals surface area contributed by atoms with Gasteiger partial charge in [-0.15, -0.1) is 11.6 Å². The molecule has 2 N–H and O–H groups in total. The summed E-state index contributed by atoms with van der Waals surface area (Å²) >= 11 is 6.26. The highest BCUT2D eigenvalue weighted by Gasteiger charge is 2.28. The third kappa shape index (κ3) is 7.42. The minimum absolute atomic E-state index is 0.0410. The van der Waals surface area contributed by atoms with Crippen LogP contribution in [-0.4, -0.2) is 27.5 Å². The molecule has 2 rings (SSSR count). The molecule has 4 heteroatoms. The van der Waals surface area contributed by atoms with Gasteiger partial charge >= 0.3 is 0 Å². The van der Waals surface area contributed by atoms with Gasteiger partial charge in [0.1, 0.15) is 11.5 Å². The number of alkyl halides is 1. The molecular weight excluding hydrogens is 466 g/mol. The lowest BCUT2D eigenvalue weighted by Gasteiger charge is -2.31. The predicted octanol–water partition coefficient (Wildman–Crippen LogP) is 8.53. The Hall–Kier alpha value is -1.71. The van der Waals surface area contributed by atoms with Crippen LogP contribution in [0.25, 0.3) is 0 Å². The summed E-state index contributed by atoms with van der Waals surface area (Å²) in [5, 5.41) is 22.7. The molecule has 0 saturated heterocycles. The summed E-state index contributed by atoms with van der Waals surface area (Å²) < 4.78 is 0. The molecule has 0 heterocycles. The second-order valence-corrected chi connectivity index (χ2v) is 14.8. The van der Waals surface area contributed by atoms with Crippen LogP contribution in [0, 0.1) is 0 Å². The highest BCUT2D eigenvalue weighted by molar-refractivity contribution is 6.18. The van der Waals surface area contributed by atoms with Gasteiger partial charge in [-0.05, 0) is 43.9 Å². The van der Waals surface area contributed by atoms with Gasteiger partial charge in [0.25, 0.3) is 0 Å². The van der Waals surface area contributed by atoms with Crippen molar-refractivity contribution >= 4 is 11.6 Å². The van der Waals surface area contributed by atoms with E-state index >= 15 is 0 Å². The van der Waals surface area contributed by atoms with E-state index in [1.807, 2.05) is 0 Å². The maximum atomic E-state index is 11.3. The van der Waals surface area contributed by atoms with Crippen LogP contribution in [0.1, 0.15) is 116 Å². The quantitative estimate of drug-likeness (QED) is 0.379. The first-order chi connectivity index (χ1) is 16.2. The molecule has 0 aliphatic carbocycles. The zero-order chi connectivity index (χ0) is 27.9. The number of aromatic hydroxyl groups is 2. The first-order valence-corrected chi connectivity index (χ1v) is 13.7. The zero-order valence-corrected chi connectivity index (χ0v) is 25.6. The Labute approximate surface area is 225 Å². The van der Waals surface area contributed by atoms with Crippen LogP contribution in [0.3, 0.4) is 0 Å². The van der Waals surface area contributed by atoms with Crippen molar-refractivity contribution < 1.29 is 10.2 Å². The fourth-order valence-electron chi connectivity index (χ4n) is 4.45. The zero-order valence-electron chi connectivity index (χ0n) is 24.9. The predicted molar refractivity (Wildman–Crippen MR) is 156 cm³/mol. The van der Waals surface area contributed by atoms with E-state index in [0.29, 0.717) is 37.0 Å². The van der Waals surface area contributed by atoms with E-state index in [2.05, 4.69) is 112 Å². The second-order valence-electron chi connectivity index (χ2n) is 14.5. The summed E-state index contributed by atoms with van der Waals surface area (Å²) in [6, 6.07) is 8.58. The Morgan fingerprint density at radius 3 is 1.17 bits per heavy atom. The molecule has 0 fully saturated rings. The largest absolute Gasteiger partial charge is 0.507 e. The van der Waals surface area contributed by atoms with Crippen LogP contribution in [0.5, 0.6) is 11.5 Å². The number of phenols is 2. The molecule has 0 aliphatic heterocycles. The van der Waals surface area contributed by atoms with Crippen molar-refractivity contribution in [2.24, 2.45) is 0 Å². The number of hydrogen-bond acceptors (Lipinski definition) is 3. The van der Waals surface area contributed by atoms with E-state index in [-0.39, 0.29) is 21.7 Å². The molecule has 0 spiro atoms. The van der Waals surface area contributed by atoms with E-state index in [4.69, 9.17) is 11.6 Å². The monoisotopic (exact) mass is 515 g/mol. The van der Waals surface area contributed by atoms with Gasteiger partial charge < -0.3 is 10.2 Å². The highest BCUT2D eigenvalue weighted by Crippen LogP contribution is 2.40. The number of benzene rings is 2. The van der Waals surface area contributed by atoms with Crippen molar-refractivity contribution in [1.82, 2.24) is 4.90 Å². The fourth-order valence-corrected chi connectivity index (χ4v) is 4.69. The molecule has 0 saturated carbocycles. The minimum atomic E-state index is -0.182. The molecule has 36 heavy (non-hydrogen) atoms. The number of rotatable bonds is 6. The third-order valence-electron chi connectivity index (χ3n) is 6.91. The Kier molecular flexibility index (Phi) is 8.96. The summed E-state index contributed by atoms with van der Waals surface area (Å²) in [6.07, 6.45) is 0. The smallest absolute Gasteiger partial charge is 0.123 e. The van der Waals surface area contributed by atoms with Crippen LogP contribution in [-0.2, 0) is 34.7 Å². The number of nitrogens with zero attached hydrogens (tertiary/aromatic N) is 1. The first-order valence-electron chi connectivity index (χ1n) is 13.2. The summed E-state index contributed by atoms with van der Waals surface area (Å²) in [5.74, 6) is 1.19. The molecule has 0 aliphatic rings. The number of phenolic OH excluding ortho intramolecular Hbond substituents is 2. The van der Waals surface area contributed by atoms with Gasteiger partial charge in [0.2, 0.25) is 0 Å². The molecule has 2 aromatic carbocycles. The van der Waals surface area contributed by atoms with Gasteiger partial charge in [-0.25, -0.2) is 0 Å².